The Morgan fingerprint density at radius 2 is 1.96 bits per heavy atom. The van der Waals surface area contributed by atoms with Crippen LogP contribution in [-0.2, 0) is 0 Å². The molecule has 0 aliphatic heterocycles. The van der Waals surface area contributed by atoms with Crippen LogP contribution in [0, 0.1) is 17.0 Å². The molecule has 26 heavy (non-hydrogen) atoms. The van der Waals surface area contributed by atoms with Gasteiger partial charge in [0.25, 0.3) is 5.70 Å². The van der Waals surface area contributed by atoms with Crippen LogP contribution in [0.25, 0.3) is 5.52 Å². The van der Waals surface area contributed by atoms with E-state index in [9.17, 15) is 15.2 Å². The zero-order valence-corrected chi connectivity index (χ0v) is 16.1. The molecule has 142 valence electrons. The van der Waals surface area contributed by atoms with Crippen LogP contribution in [0.3, 0.4) is 0 Å². The maximum absolute atomic E-state index is 10.7. The molecule has 0 unspecified atom stereocenters. The second kappa shape index (κ2) is 11.4. The van der Waals surface area contributed by atoms with E-state index in [2.05, 4.69) is 16.7 Å². The van der Waals surface area contributed by atoms with Gasteiger partial charge in [0.1, 0.15) is 23.4 Å². The molecule has 0 saturated carbocycles. The number of nitro groups is 1. The lowest BCUT2D eigenvalue weighted by atomic mass is 10.3. The predicted molar refractivity (Wildman–Crippen MR) is 102 cm³/mol. The van der Waals surface area contributed by atoms with Crippen molar-refractivity contribution in [3.8, 4) is 11.6 Å². The topological polar surface area (TPSA) is 103 Å². The number of fused-ring (bicyclic) bond motifs is 1. The molecule has 2 aromatic heterocycles. The van der Waals surface area contributed by atoms with E-state index in [4.69, 9.17) is 4.74 Å². The SMILES string of the molecule is C=C/C(=C\C=C(/C)Oc1ncnn2cc(O)c(C)c12)[N+](=O)[O-].CC.CC. The lowest BCUT2D eigenvalue weighted by Crippen LogP contribution is -2.00. The largest absolute Gasteiger partial charge is 0.506 e. The number of nitrogens with zero attached hydrogens (tertiary/aromatic N) is 4. The molecule has 1 N–H and O–H groups in total. The quantitative estimate of drug-likeness (QED) is 0.365. The van der Waals surface area contributed by atoms with Crippen molar-refractivity contribution in [3.63, 3.8) is 0 Å². The number of aromatic nitrogens is 3. The first kappa shape index (κ1) is 22.8. The Hall–Kier alpha value is -3.16. The van der Waals surface area contributed by atoms with Crippen LogP contribution in [0.4, 0.5) is 0 Å². The van der Waals surface area contributed by atoms with E-state index in [1.165, 1.54) is 29.2 Å². The van der Waals surface area contributed by atoms with Crippen molar-refractivity contribution in [2.75, 3.05) is 0 Å². The van der Waals surface area contributed by atoms with E-state index in [1.54, 1.807) is 13.8 Å². The van der Waals surface area contributed by atoms with Gasteiger partial charge in [-0.3, -0.25) is 10.1 Å². The van der Waals surface area contributed by atoms with Gasteiger partial charge in [-0.15, -0.1) is 0 Å². The summed E-state index contributed by atoms with van der Waals surface area (Å²) in [5, 5.41) is 24.4. The highest BCUT2D eigenvalue weighted by Crippen LogP contribution is 2.28. The Bertz CT molecular complexity index is 807. The summed E-state index contributed by atoms with van der Waals surface area (Å²) in [6.45, 7) is 14.7. The van der Waals surface area contributed by atoms with E-state index < -0.39 is 4.92 Å². The van der Waals surface area contributed by atoms with E-state index in [1.807, 2.05) is 27.7 Å². The summed E-state index contributed by atoms with van der Waals surface area (Å²) in [5.74, 6) is 0.715. The predicted octanol–water partition coefficient (Wildman–Crippen LogP) is 4.42. The standard InChI is InChI=1S/C14H14N4O4.2C2H6/c1-4-11(18(20)21)6-5-9(2)22-14-13-10(3)12(19)7-17(13)16-8-15-14;2*1-2/h4-8,19H,1H2,2-3H3;2*1-2H3/b9-5+,11-6+;;. The molecule has 0 radical (unpaired) electrons. The lowest BCUT2D eigenvalue weighted by Gasteiger charge is -2.06. The van der Waals surface area contributed by atoms with E-state index in [0.29, 0.717) is 16.8 Å². The highest BCUT2D eigenvalue weighted by molar-refractivity contribution is 5.66. The number of allylic oxidation sites excluding steroid dienone is 4. The first-order valence-corrected chi connectivity index (χ1v) is 8.29. The molecular weight excluding hydrogens is 336 g/mol. The molecule has 2 heterocycles. The highest BCUT2D eigenvalue weighted by Gasteiger charge is 2.13. The van der Waals surface area contributed by atoms with Crippen molar-refractivity contribution in [2.45, 2.75) is 41.5 Å². The average Bonchev–Trinajstić information content (AvgIpc) is 2.94. The molecule has 0 aliphatic rings. The molecule has 0 fully saturated rings. The van der Waals surface area contributed by atoms with Crippen molar-refractivity contribution < 1.29 is 14.8 Å². The Kier molecular flexibility index (Phi) is 10.0. The van der Waals surface area contributed by atoms with Crippen LogP contribution in [-0.4, -0.2) is 24.6 Å². The van der Waals surface area contributed by atoms with Gasteiger partial charge in [-0.2, -0.15) is 10.1 Å². The van der Waals surface area contributed by atoms with Crippen LogP contribution < -0.4 is 4.74 Å². The van der Waals surface area contributed by atoms with Gasteiger partial charge in [-0.25, -0.2) is 4.52 Å². The van der Waals surface area contributed by atoms with Crippen LogP contribution in [0.2, 0.25) is 0 Å². The molecule has 8 heteroatoms. The minimum atomic E-state index is -0.547. The summed E-state index contributed by atoms with van der Waals surface area (Å²) in [7, 11) is 0. The molecular formula is C18H26N4O4. The minimum absolute atomic E-state index is 0.0779. The van der Waals surface area contributed by atoms with Gasteiger partial charge in [-0.1, -0.05) is 34.3 Å². The number of hydrogen-bond donors (Lipinski definition) is 1. The third kappa shape index (κ3) is 5.73. The maximum Gasteiger partial charge on any atom is 0.268 e. The summed E-state index contributed by atoms with van der Waals surface area (Å²) < 4.78 is 7.02. The van der Waals surface area contributed by atoms with Gasteiger partial charge in [0.2, 0.25) is 5.88 Å². The summed E-state index contributed by atoms with van der Waals surface area (Å²) in [6, 6.07) is 0. The number of aromatic hydroxyl groups is 1. The number of aryl methyl sites for hydroxylation is 1. The fourth-order valence-electron chi connectivity index (χ4n) is 1.78. The number of rotatable bonds is 5. The zero-order valence-electron chi connectivity index (χ0n) is 16.1. The van der Waals surface area contributed by atoms with Gasteiger partial charge in [0.05, 0.1) is 11.1 Å². The summed E-state index contributed by atoms with van der Waals surface area (Å²) >= 11 is 0. The van der Waals surface area contributed by atoms with Crippen LogP contribution >= 0.6 is 0 Å². The minimum Gasteiger partial charge on any atom is -0.506 e. The molecule has 0 amide bonds. The molecule has 0 aliphatic carbocycles. The van der Waals surface area contributed by atoms with Crippen LogP contribution in [0.5, 0.6) is 11.6 Å². The maximum atomic E-state index is 10.7. The monoisotopic (exact) mass is 362 g/mol. The number of hydrogen-bond acceptors (Lipinski definition) is 6. The second-order valence-corrected chi connectivity index (χ2v) is 4.43. The Morgan fingerprint density at radius 1 is 1.35 bits per heavy atom. The average molecular weight is 362 g/mol. The second-order valence-electron chi connectivity index (χ2n) is 4.43. The van der Waals surface area contributed by atoms with E-state index in [-0.39, 0.29) is 17.3 Å². The van der Waals surface area contributed by atoms with Crippen molar-refractivity contribution in [1.29, 1.82) is 0 Å². The van der Waals surface area contributed by atoms with Gasteiger partial charge < -0.3 is 9.84 Å². The van der Waals surface area contributed by atoms with Crippen molar-refractivity contribution in [1.82, 2.24) is 14.6 Å². The Morgan fingerprint density at radius 3 is 2.50 bits per heavy atom. The zero-order chi connectivity index (χ0) is 20.3. The Balaban J connectivity index is 0.00000146. The van der Waals surface area contributed by atoms with Gasteiger partial charge in [0, 0.05) is 17.7 Å². The molecule has 0 aromatic carbocycles. The smallest absolute Gasteiger partial charge is 0.268 e. The summed E-state index contributed by atoms with van der Waals surface area (Å²) in [6.07, 6.45) is 6.60. The van der Waals surface area contributed by atoms with Crippen LogP contribution in [0.1, 0.15) is 40.2 Å². The van der Waals surface area contributed by atoms with Crippen LogP contribution in [0.15, 0.2) is 48.8 Å². The molecule has 0 spiro atoms. The third-order valence-electron chi connectivity index (χ3n) is 2.93. The van der Waals surface area contributed by atoms with Gasteiger partial charge in [0.15, 0.2) is 0 Å². The summed E-state index contributed by atoms with van der Waals surface area (Å²) in [5.41, 5.74) is 0.957. The van der Waals surface area contributed by atoms with Crippen molar-refractivity contribution in [2.24, 2.45) is 0 Å². The van der Waals surface area contributed by atoms with Gasteiger partial charge >= 0.3 is 0 Å². The molecule has 8 nitrogen and oxygen atoms in total. The van der Waals surface area contributed by atoms with E-state index in [0.717, 1.165) is 6.08 Å². The molecule has 0 bridgehead atoms. The number of ether oxygens (including phenoxy) is 1. The third-order valence-corrected chi connectivity index (χ3v) is 2.93. The van der Waals surface area contributed by atoms with Gasteiger partial charge in [-0.05, 0) is 19.9 Å². The molecule has 0 saturated heterocycles. The first-order valence-electron chi connectivity index (χ1n) is 8.29. The fraction of sp³-hybridized carbons (Fsp3) is 0.333. The molecule has 2 rings (SSSR count). The first-order chi connectivity index (χ1) is 12.4. The lowest BCUT2D eigenvalue weighted by molar-refractivity contribution is -0.418. The fourth-order valence-corrected chi connectivity index (χ4v) is 1.78. The Labute approximate surface area is 153 Å². The van der Waals surface area contributed by atoms with E-state index >= 15 is 0 Å². The molecule has 0 atom stereocenters. The van der Waals surface area contributed by atoms with Crippen molar-refractivity contribution >= 4 is 5.52 Å². The molecule has 2 aromatic rings. The highest BCUT2D eigenvalue weighted by atomic mass is 16.6. The normalized spacial score (nSPS) is 11.0. The van der Waals surface area contributed by atoms with Crippen molar-refractivity contribution in [3.05, 3.63) is 64.5 Å². The summed E-state index contributed by atoms with van der Waals surface area (Å²) in [4.78, 5) is 14.1.